The van der Waals surface area contributed by atoms with Gasteiger partial charge in [0.2, 0.25) is 0 Å². The van der Waals surface area contributed by atoms with E-state index < -0.39 is 0 Å². The quantitative estimate of drug-likeness (QED) is 0.503. The van der Waals surface area contributed by atoms with Crippen LogP contribution in [0.3, 0.4) is 0 Å². The van der Waals surface area contributed by atoms with Crippen LogP contribution in [0.5, 0.6) is 0 Å². The summed E-state index contributed by atoms with van der Waals surface area (Å²) in [5.41, 5.74) is 3.36. The van der Waals surface area contributed by atoms with Crippen molar-refractivity contribution in [3.63, 3.8) is 0 Å². The molecule has 24 heavy (non-hydrogen) atoms. The highest BCUT2D eigenvalue weighted by molar-refractivity contribution is 7.99. The number of carbonyl (C=O) groups excluding carboxylic acids is 1. The molecule has 3 aromatic rings. The van der Waals surface area contributed by atoms with Crippen molar-refractivity contribution in [2.75, 3.05) is 5.75 Å². The lowest BCUT2D eigenvalue weighted by Crippen LogP contribution is -2.05. The van der Waals surface area contributed by atoms with Crippen LogP contribution in [0.1, 0.15) is 21.7 Å². The van der Waals surface area contributed by atoms with Gasteiger partial charge in [-0.1, -0.05) is 17.8 Å². The highest BCUT2D eigenvalue weighted by atomic mass is 32.2. The van der Waals surface area contributed by atoms with Crippen molar-refractivity contribution in [2.45, 2.75) is 18.9 Å². The summed E-state index contributed by atoms with van der Waals surface area (Å²) >= 11 is 1.43. The second-order valence-corrected chi connectivity index (χ2v) is 6.47. The first-order chi connectivity index (χ1) is 11.6. The molecule has 5 heteroatoms. The van der Waals surface area contributed by atoms with Crippen molar-refractivity contribution in [1.29, 1.82) is 0 Å². The molecule has 0 spiro atoms. The Kier molecular flexibility index (Phi) is 4.81. The fourth-order valence-corrected chi connectivity index (χ4v) is 3.43. The number of halogens is 1. The lowest BCUT2D eigenvalue weighted by atomic mass is 10.2. The zero-order chi connectivity index (χ0) is 17.1. The lowest BCUT2D eigenvalue weighted by Gasteiger charge is -2.09. The van der Waals surface area contributed by atoms with Gasteiger partial charge >= 0.3 is 0 Å². The summed E-state index contributed by atoms with van der Waals surface area (Å²) in [6, 6.07) is 13.8. The monoisotopic (exact) mass is 340 g/mol. The minimum absolute atomic E-state index is 0.0621. The molecule has 0 unspecified atom stereocenters. The number of aromatic nitrogens is 2. The van der Waals surface area contributed by atoms with Crippen molar-refractivity contribution in [1.82, 2.24) is 9.55 Å². The molecule has 0 aliphatic rings. The number of benzene rings is 1. The van der Waals surface area contributed by atoms with Crippen molar-refractivity contribution >= 4 is 17.5 Å². The third kappa shape index (κ3) is 3.41. The first-order valence-electron chi connectivity index (χ1n) is 7.58. The maximum absolute atomic E-state index is 13.1. The molecular weight excluding hydrogens is 323 g/mol. The largest absolute Gasteiger partial charge is 0.318 e. The van der Waals surface area contributed by atoms with Crippen LogP contribution >= 0.6 is 11.8 Å². The number of hydrogen-bond donors (Lipinski definition) is 0. The zero-order valence-electron chi connectivity index (χ0n) is 13.5. The molecule has 2 aromatic heterocycles. The Hall–Kier alpha value is -2.40. The molecule has 3 rings (SSSR count). The fourth-order valence-electron chi connectivity index (χ4n) is 2.68. The lowest BCUT2D eigenvalue weighted by molar-refractivity contribution is 0.102. The summed E-state index contributed by atoms with van der Waals surface area (Å²) in [4.78, 5) is 16.8. The van der Waals surface area contributed by atoms with E-state index in [2.05, 4.69) is 4.98 Å². The van der Waals surface area contributed by atoms with E-state index in [9.17, 15) is 9.18 Å². The van der Waals surface area contributed by atoms with Crippen LogP contribution in [-0.4, -0.2) is 21.1 Å². The molecule has 0 bridgehead atoms. The number of pyridine rings is 1. The second kappa shape index (κ2) is 7.01. The molecule has 122 valence electrons. The average Bonchev–Trinajstić information content (AvgIpc) is 2.89. The van der Waals surface area contributed by atoms with Crippen LogP contribution in [0.2, 0.25) is 0 Å². The van der Waals surface area contributed by atoms with E-state index in [1.807, 2.05) is 42.7 Å². The van der Waals surface area contributed by atoms with Crippen LogP contribution in [0.4, 0.5) is 4.39 Å². The summed E-state index contributed by atoms with van der Waals surface area (Å²) in [6.45, 7) is 3.86. The fraction of sp³-hybridized carbons (Fsp3) is 0.158. The average molecular weight is 340 g/mol. The van der Waals surface area contributed by atoms with Crippen LogP contribution < -0.4 is 0 Å². The normalized spacial score (nSPS) is 10.8. The molecule has 3 nitrogen and oxygen atoms in total. The minimum Gasteiger partial charge on any atom is -0.318 e. The summed E-state index contributed by atoms with van der Waals surface area (Å²) in [5, 5.41) is 0.832. The van der Waals surface area contributed by atoms with Gasteiger partial charge in [0.15, 0.2) is 5.78 Å². The number of rotatable bonds is 5. The van der Waals surface area contributed by atoms with Crippen molar-refractivity contribution < 1.29 is 9.18 Å². The maximum atomic E-state index is 13.1. The Balaban J connectivity index is 1.83. The Morgan fingerprint density at radius 3 is 2.58 bits per heavy atom. The Morgan fingerprint density at radius 2 is 1.92 bits per heavy atom. The molecule has 0 aliphatic heterocycles. The van der Waals surface area contributed by atoms with Crippen molar-refractivity contribution in [3.05, 3.63) is 77.5 Å². The first kappa shape index (κ1) is 16.5. The van der Waals surface area contributed by atoms with Gasteiger partial charge in [0.25, 0.3) is 0 Å². The summed E-state index contributed by atoms with van der Waals surface area (Å²) in [7, 11) is 0. The SMILES string of the molecule is Cc1cc(C(=O)CSc2ccccn2)c(C)n1-c1ccc(F)cc1. The van der Waals surface area contributed by atoms with Gasteiger partial charge < -0.3 is 4.57 Å². The topological polar surface area (TPSA) is 34.9 Å². The zero-order valence-corrected chi connectivity index (χ0v) is 14.3. The van der Waals surface area contributed by atoms with Gasteiger partial charge in [0, 0.05) is 28.8 Å². The van der Waals surface area contributed by atoms with Crippen molar-refractivity contribution in [3.8, 4) is 5.69 Å². The van der Waals surface area contributed by atoms with Crippen LogP contribution in [0, 0.1) is 19.7 Å². The van der Waals surface area contributed by atoms with Crippen molar-refractivity contribution in [2.24, 2.45) is 0 Å². The van der Waals surface area contributed by atoms with Crippen LogP contribution in [-0.2, 0) is 0 Å². The molecule has 0 aliphatic carbocycles. The molecule has 2 heterocycles. The molecule has 0 saturated heterocycles. The Bertz CT molecular complexity index is 857. The van der Waals surface area contributed by atoms with E-state index in [1.54, 1.807) is 18.3 Å². The van der Waals surface area contributed by atoms with E-state index in [1.165, 1.54) is 23.9 Å². The van der Waals surface area contributed by atoms with Crippen LogP contribution in [0.25, 0.3) is 5.69 Å². The third-order valence-electron chi connectivity index (χ3n) is 3.81. The standard InChI is InChI=1S/C19H17FN2OS/c1-13-11-17(18(23)12-24-19-5-3-4-10-21-19)14(2)22(13)16-8-6-15(20)7-9-16/h3-11H,12H2,1-2H3. The summed E-state index contributed by atoms with van der Waals surface area (Å²) < 4.78 is 15.1. The molecule has 0 amide bonds. The Morgan fingerprint density at radius 1 is 1.17 bits per heavy atom. The number of carbonyl (C=O) groups is 1. The highest BCUT2D eigenvalue weighted by Gasteiger charge is 2.17. The highest BCUT2D eigenvalue weighted by Crippen LogP contribution is 2.23. The van der Waals surface area contributed by atoms with Gasteiger partial charge in [-0.3, -0.25) is 4.79 Å². The molecule has 0 fully saturated rings. The van der Waals surface area contributed by atoms with Gasteiger partial charge in [-0.05, 0) is 56.3 Å². The van der Waals surface area contributed by atoms with Gasteiger partial charge in [0.1, 0.15) is 5.82 Å². The number of nitrogens with zero attached hydrogens (tertiary/aromatic N) is 2. The van der Waals surface area contributed by atoms with Crippen LogP contribution in [0.15, 0.2) is 59.8 Å². The van der Waals surface area contributed by atoms with E-state index in [0.717, 1.165) is 22.1 Å². The molecule has 1 aromatic carbocycles. The van der Waals surface area contributed by atoms with Gasteiger partial charge in [-0.25, -0.2) is 9.37 Å². The van der Waals surface area contributed by atoms with E-state index in [-0.39, 0.29) is 11.6 Å². The second-order valence-electron chi connectivity index (χ2n) is 5.48. The molecule has 0 N–H and O–H groups in total. The van der Waals surface area contributed by atoms with Gasteiger partial charge in [-0.15, -0.1) is 0 Å². The number of aryl methyl sites for hydroxylation is 1. The van der Waals surface area contributed by atoms with Gasteiger partial charge in [0.05, 0.1) is 10.8 Å². The number of Topliss-reactive ketones (excluding diaryl/α,β-unsaturated/α-hetero) is 1. The Labute approximate surface area is 144 Å². The number of hydrogen-bond acceptors (Lipinski definition) is 3. The maximum Gasteiger partial charge on any atom is 0.174 e. The molecule has 0 atom stereocenters. The number of thioether (sulfide) groups is 1. The predicted octanol–water partition coefficient (Wildman–Crippen LogP) is 4.60. The molecule has 0 saturated carbocycles. The summed E-state index contributed by atoms with van der Waals surface area (Å²) in [5.74, 6) is 0.126. The number of ketones is 1. The molecular formula is C19H17FN2OS. The van der Waals surface area contributed by atoms with E-state index in [4.69, 9.17) is 0 Å². The predicted molar refractivity (Wildman–Crippen MR) is 94.5 cm³/mol. The van der Waals surface area contributed by atoms with E-state index in [0.29, 0.717) is 11.3 Å². The van der Waals surface area contributed by atoms with Gasteiger partial charge in [-0.2, -0.15) is 0 Å². The smallest absolute Gasteiger partial charge is 0.174 e. The third-order valence-corrected chi connectivity index (χ3v) is 4.75. The molecule has 0 radical (unpaired) electrons. The summed E-state index contributed by atoms with van der Waals surface area (Å²) in [6.07, 6.45) is 1.72. The van der Waals surface area contributed by atoms with E-state index >= 15 is 0 Å². The minimum atomic E-state index is -0.274. The first-order valence-corrected chi connectivity index (χ1v) is 8.57.